The van der Waals surface area contributed by atoms with Crippen LogP contribution in [0.25, 0.3) is 0 Å². The number of hydrogen-bond donors (Lipinski definition) is 1. The van der Waals surface area contributed by atoms with Crippen LogP contribution in [0.5, 0.6) is 0 Å². The first-order chi connectivity index (χ1) is 2.77. The van der Waals surface area contributed by atoms with E-state index in [4.69, 9.17) is 16.5 Å². The van der Waals surface area contributed by atoms with E-state index in [1.165, 1.54) is 0 Å². The Morgan fingerprint density at radius 3 is 2.50 bits per heavy atom. The Kier molecular flexibility index (Phi) is 2.75. The van der Waals surface area contributed by atoms with E-state index in [2.05, 4.69) is 5.29 Å². The quantitative estimate of drug-likeness (QED) is 0.247. The standard InChI is InChI=1S/C2H5ClN2O/c1-2(3)4-5-6/h2H,1H3,(H,4,6). The third-order valence-corrected chi connectivity index (χ3v) is 0.328. The number of nitrogens with one attached hydrogen (secondary N) is 1. The van der Waals surface area contributed by atoms with Gasteiger partial charge in [-0.3, -0.25) is 5.43 Å². The molecule has 0 radical (unpaired) electrons. The van der Waals surface area contributed by atoms with Crippen LogP contribution in [-0.2, 0) is 0 Å². The number of nitrogens with zero attached hydrogens (tertiary/aromatic N) is 1. The Labute approximate surface area is 40.6 Å². The molecule has 0 aromatic heterocycles. The van der Waals surface area contributed by atoms with E-state index in [-0.39, 0.29) is 5.50 Å². The Bertz CT molecular complexity index is 46.8. The smallest absolute Gasteiger partial charge is 0.118 e. The summed E-state index contributed by atoms with van der Waals surface area (Å²) < 4.78 is 0. The van der Waals surface area contributed by atoms with E-state index >= 15 is 0 Å². The van der Waals surface area contributed by atoms with E-state index in [0.717, 1.165) is 0 Å². The van der Waals surface area contributed by atoms with Crippen LogP contribution in [0.1, 0.15) is 6.92 Å². The van der Waals surface area contributed by atoms with Crippen LogP contribution in [0.15, 0.2) is 5.29 Å². The molecule has 0 bridgehead atoms. The Hall–Kier alpha value is -0.310. The second-order valence-corrected chi connectivity index (χ2v) is 1.49. The topological polar surface area (TPSA) is 41.5 Å². The van der Waals surface area contributed by atoms with Gasteiger partial charge in [-0.1, -0.05) is 11.6 Å². The molecule has 0 spiro atoms. The molecule has 6 heavy (non-hydrogen) atoms. The van der Waals surface area contributed by atoms with Crippen LogP contribution >= 0.6 is 11.6 Å². The molecule has 1 N–H and O–H groups in total. The lowest BCUT2D eigenvalue weighted by Gasteiger charge is -1.91. The SMILES string of the molecule is CC(Cl)NN=O. The lowest BCUT2D eigenvalue weighted by Crippen LogP contribution is -2.11. The van der Waals surface area contributed by atoms with Gasteiger partial charge in [-0.15, -0.1) is 4.91 Å². The molecule has 4 heteroatoms. The number of alkyl halides is 1. The maximum atomic E-state index is 9.17. The summed E-state index contributed by atoms with van der Waals surface area (Å²) in [7, 11) is 0. The number of rotatable bonds is 2. The summed E-state index contributed by atoms with van der Waals surface area (Å²) >= 11 is 5.17. The first-order valence-corrected chi connectivity index (χ1v) is 1.93. The van der Waals surface area contributed by atoms with Crippen LogP contribution in [0, 0.1) is 4.91 Å². The molecule has 0 amide bonds. The van der Waals surface area contributed by atoms with Crippen molar-refractivity contribution in [3.8, 4) is 0 Å². The number of hydrogen-bond acceptors (Lipinski definition) is 2. The van der Waals surface area contributed by atoms with Gasteiger partial charge in [0.1, 0.15) is 5.50 Å². The lowest BCUT2D eigenvalue weighted by molar-refractivity contribution is 0.720. The first-order valence-electron chi connectivity index (χ1n) is 1.49. The van der Waals surface area contributed by atoms with E-state index in [1.807, 2.05) is 5.43 Å². The van der Waals surface area contributed by atoms with Gasteiger partial charge in [0.15, 0.2) is 0 Å². The average Bonchev–Trinajstić information content (AvgIpc) is 1.35. The van der Waals surface area contributed by atoms with Gasteiger partial charge in [0, 0.05) is 0 Å². The maximum Gasteiger partial charge on any atom is 0.118 e. The van der Waals surface area contributed by atoms with Gasteiger partial charge in [0.2, 0.25) is 0 Å². The number of halogens is 1. The summed E-state index contributed by atoms with van der Waals surface area (Å²) in [5.74, 6) is 0. The van der Waals surface area contributed by atoms with Gasteiger partial charge >= 0.3 is 0 Å². The maximum absolute atomic E-state index is 9.17. The minimum Gasteiger partial charge on any atom is -0.256 e. The van der Waals surface area contributed by atoms with Crippen LogP contribution < -0.4 is 5.43 Å². The molecule has 3 nitrogen and oxygen atoms in total. The Morgan fingerprint density at radius 1 is 2.00 bits per heavy atom. The zero-order chi connectivity index (χ0) is 4.99. The van der Waals surface area contributed by atoms with E-state index < -0.39 is 0 Å². The zero-order valence-corrected chi connectivity index (χ0v) is 4.07. The van der Waals surface area contributed by atoms with Crippen LogP contribution in [0.3, 0.4) is 0 Å². The van der Waals surface area contributed by atoms with Crippen molar-refractivity contribution in [3.63, 3.8) is 0 Å². The van der Waals surface area contributed by atoms with E-state index in [9.17, 15) is 0 Å². The Morgan fingerprint density at radius 2 is 2.50 bits per heavy atom. The van der Waals surface area contributed by atoms with E-state index in [0.29, 0.717) is 0 Å². The minimum atomic E-state index is -0.359. The van der Waals surface area contributed by atoms with Crippen molar-refractivity contribution in [1.29, 1.82) is 0 Å². The number of nitroso groups, excluding NO2 is 1. The van der Waals surface area contributed by atoms with Crippen molar-refractivity contribution in [3.05, 3.63) is 4.91 Å². The molecular formula is C2H5ClN2O. The second-order valence-electron chi connectivity index (χ2n) is 0.836. The van der Waals surface area contributed by atoms with Crippen LogP contribution in [0.2, 0.25) is 0 Å². The average molecular weight is 109 g/mol. The third-order valence-electron chi connectivity index (χ3n) is 0.231. The molecule has 0 aliphatic carbocycles. The minimum absolute atomic E-state index is 0.359. The summed E-state index contributed by atoms with van der Waals surface area (Å²) in [6.07, 6.45) is 0. The fourth-order valence-electron chi connectivity index (χ4n) is 0.0726. The zero-order valence-electron chi connectivity index (χ0n) is 3.31. The first kappa shape index (κ1) is 5.69. The van der Waals surface area contributed by atoms with Crippen molar-refractivity contribution in [2.75, 3.05) is 0 Å². The normalized spacial score (nSPS) is 13.0. The molecule has 36 valence electrons. The monoisotopic (exact) mass is 108 g/mol. The van der Waals surface area contributed by atoms with Crippen LogP contribution in [-0.4, -0.2) is 5.50 Å². The molecule has 0 heterocycles. The van der Waals surface area contributed by atoms with Gasteiger partial charge in [-0.05, 0) is 6.92 Å². The predicted octanol–water partition coefficient (Wildman–Crippen LogP) is 0.842. The van der Waals surface area contributed by atoms with E-state index in [1.54, 1.807) is 6.92 Å². The third kappa shape index (κ3) is 3.69. The van der Waals surface area contributed by atoms with Crippen molar-refractivity contribution >= 4 is 11.6 Å². The molecule has 0 rings (SSSR count). The molecular weight excluding hydrogens is 103 g/mol. The fraction of sp³-hybridized carbons (Fsp3) is 1.00. The van der Waals surface area contributed by atoms with Gasteiger partial charge in [0.25, 0.3) is 0 Å². The molecule has 0 fully saturated rings. The summed E-state index contributed by atoms with van der Waals surface area (Å²) in [4.78, 5) is 9.17. The largest absolute Gasteiger partial charge is 0.256 e. The summed E-state index contributed by atoms with van der Waals surface area (Å²) in [6, 6.07) is 0. The summed E-state index contributed by atoms with van der Waals surface area (Å²) in [5, 5.41) is 2.30. The highest BCUT2D eigenvalue weighted by molar-refractivity contribution is 6.20. The lowest BCUT2D eigenvalue weighted by atomic mass is 10.8. The highest BCUT2D eigenvalue weighted by Crippen LogP contribution is 1.83. The summed E-state index contributed by atoms with van der Waals surface area (Å²) in [6.45, 7) is 1.61. The van der Waals surface area contributed by atoms with Gasteiger partial charge in [-0.25, -0.2) is 0 Å². The van der Waals surface area contributed by atoms with Gasteiger partial charge < -0.3 is 0 Å². The molecule has 0 aromatic carbocycles. The molecule has 0 aliphatic rings. The van der Waals surface area contributed by atoms with Crippen molar-refractivity contribution in [2.45, 2.75) is 12.4 Å². The fourth-order valence-corrected chi connectivity index (χ4v) is 0.112. The van der Waals surface area contributed by atoms with Crippen molar-refractivity contribution < 1.29 is 0 Å². The Balaban J connectivity index is 2.81. The molecule has 1 unspecified atom stereocenters. The summed E-state index contributed by atoms with van der Waals surface area (Å²) in [5.41, 5.74) is 1.68. The van der Waals surface area contributed by atoms with Crippen LogP contribution in [0.4, 0.5) is 0 Å². The van der Waals surface area contributed by atoms with Crippen molar-refractivity contribution in [1.82, 2.24) is 5.43 Å². The highest BCUT2D eigenvalue weighted by atomic mass is 35.5. The molecule has 0 aliphatic heterocycles. The van der Waals surface area contributed by atoms with Crippen molar-refractivity contribution in [2.24, 2.45) is 5.29 Å². The second kappa shape index (κ2) is 2.90. The molecule has 0 saturated heterocycles. The molecule has 1 atom stereocenters. The molecule has 0 saturated carbocycles. The highest BCUT2D eigenvalue weighted by Gasteiger charge is 1.85. The van der Waals surface area contributed by atoms with Gasteiger partial charge in [-0.2, -0.15) is 0 Å². The van der Waals surface area contributed by atoms with Gasteiger partial charge in [0.05, 0.1) is 5.29 Å². The molecule has 0 aromatic rings. The predicted molar refractivity (Wildman–Crippen MR) is 24.2 cm³/mol.